The van der Waals surface area contributed by atoms with Crippen LogP contribution < -0.4 is 19.7 Å². The fourth-order valence-corrected chi connectivity index (χ4v) is 3.54. The average molecular weight is 354 g/mol. The zero-order chi connectivity index (χ0) is 19.1. The topological polar surface area (TPSA) is 50.8 Å². The molecule has 2 aromatic carbocycles. The molecule has 1 unspecified atom stereocenters. The highest BCUT2D eigenvalue weighted by atomic mass is 16.5. The first-order valence-corrected chi connectivity index (χ1v) is 8.70. The molecule has 0 radical (unpaired) electrons. The lowest BCUT2D eigenvalue weighted by Crippen LogP contribution is -2.36. The molecule has 0 saturated heterocycles. The van der Waals surface area contributed by atoms with Crippen molar-refractivity contribution in [2.75, 3.05) is 31.5 Å². The average Bonchev–Trinajstić information content (AvgIpc) is 2.81. The Balaban J connectivity index is 1.86. The number of nitrogens with zero attached hydrogens (tertiary/aromatic N) is 1. The predicted molar refractivity (Wildman–Crippen MR) is 105 cm³/mol. The van der Waals surface area contributed by atoms with Gasteiger partial charge in [-0.25, -0.2) is 0 Å². The molecule has 1 heterocycles. The van der Waals surface area contributed by atoms with Gasteiger partial charge >= 0.3 is 0 Å². The first-order chi connectivity index (χ1) is 12.3. The summed E-state index contributed by atoms with van der Waals surface area (Å²) in [6, 6.07) is 11.6. The van der Waals surface area contributed by atoms with Gasteiger partial charge in [0.05, 0.1) is 14.2 Å². The summed E-state index contributed by atoms with van der Waals surface area (Å²) in [4.78, 5) is 14.9. The highest BCUT2D eigenvalue weighted by Gasteiger charge is 2.40. The van der Waals surface area contributed by atoms with Crippen molar-refractivity contribution < 1.29 is 14.3 Å². The maximum absolute atomic E-state index is 12.6. The minimum absolute atomic E-state index is 0.0793. The van der Waals surface area contributed by atoms with Crippen molar-refractivity contribution in [3.05, 3.63) is 47.5 Å². The number of hydrogen-bond donors (Lipinski definition) is 1. The van der Waals surface area contributed by atoms with E-state index in [0.717, 1.165) is 11.4 Å². The number of nitrogens with one attached hydrogen (secondary N) is 1. The summed E-state index contributed by atoms with van der Waals surface area (Å²) in [6.07, 6.45) is 0. The summed E-state index contributed by atoms with van der Waals surface area (Å²) >= 11 is 0. The fraction of sp³-hybridized carbons (Fsp3) is 0.381. The molecule has 5 heteroatoms. The lowest BCUT2D eigenvalue weighted by atomic mass is 9.81. The number of likely N-dealkylation sites (N-methyl/N-ethyl adjacent to an activating group) is 1. The number of carbonyl (C=O) groups is 1. The van der Waals surface area contributed by atoms with Gasteiger partial charge < -0.3 is 19.7 Å². The van der Waals surface area contributed by atoms with E-state index in [0.29, 0.717) is 23.1 Å². The minimum atomic E-state index is -0.182. The van der Waals surface area contributed by atoms with E-state index in [4.69, 9.17) is 9.47 Å². The first-order valence-electron chi connectivity index (χ1n) is 8.70. The van der Waals surface area contributed by atoms with E-state index >= 15 is 0 Å². The summed E-state index contributed by atoms with van der Waals surface area (Å²) in [7, 11) is 5.22. The Morgan fingerprint density at radius 3 is 2.42 bits per heavy atom. The van der Waals surface area contributed by atoms with Crippen molar-refractivity contribution in [2.24, 2.45) is 0 Å². The van der Waals surface area contributed by atoms with E-state index in [1.54, 1.807) is 32.4 Å². The molecule has 0 saturated carbocycles. The van der Waals surface area contributed by atoms with Gasteiger partial charge in [0.25, 0.3) is 5.91 Å². The van der Waals surface area contributed by atoms with Crippen LogP contribution >= 0.6 is 0 Å². The van der Waals surface area contributed by atoms with Gasteiger partial charge in [0, 0.05) is 35.4 Å². The molecule has 138 valence electrons. The van der Waals surface area contributed by atoms with Gasteiger partial charge in [0.1, 0.15) is 0 Å². The number of ether oxygens (including phenoxy) is 2. The van der Waals surface area contributed by atoms with Gasteiger partial charge in [-0.15, -0.1) is 0 Å². The maximum Gasteiger partial charge on any atom is 0.255 e. The molecule has 1 aliphatic heterocycles. The summed E-state index contributed by atoms with van der Waals surface area (Å²) < 4.78 is 10.5. The summed E-state index contributed by atoms with van der Waals surface area (Å²) in [5.74, 6) is 0.947. The van der Waals surface area contributed by atoms with Crippen LogP contribution in [0.2, 0.25) is 0 Å². The zero-order valence-corrected chi connectivity index (χ0v) is 16.2. The van der Waals surface area contributed by atoms with Crippen LogP contribution in [0.1, 0.15) is 36.7 Å². The zero-order valence-electron chi connectivity index (χ0n) is 16.2. The molecule has 1 N–H and O–H groups in total. The first kappa shape index (κ1) is 18.1. The summed E-state index contributed by atoms with van der Waals surface area (Å²) in [5, 5.41) is 2.98. The van der Waals surface area contributed by atoms with Gasteiger partial charge in [-0.2, -0.15) is 0 Å². The smallest absolute Gasteiger partial charge is 0.255 e. The Labute approximate surface area is 154 Å². The number of benzene rings is 2. The number of methoxy groups -OCH3 is 2. The van der Waals surface area contributed by atoms with Crippen molar-refractivity contribution in [1.29, 1.82) is 0 Å². The van der Waals surface area contributed by atoms with Crippen molar-refractivity contribution >= 4 is 17.3 Å². The Kier molecular flexibility index (Phi) is 4.57. The number of fused-ring (bicyclic) bond motifs is 1. The molecule has 1 amide bonds. The van der Waals surface area contributed by atoms with Gasteiger partial charge in [-0.3, -0.25) is 4.79 Å². The molecule has 5 nitrogen and oxygen atoms in total. The summed E-state index contributed by atoms with van der Waals surface area (Å²) in [6.45, 7) is 6.73. The van der Waals surface area contributed by atoms with Crippen LogP contribution in [0.15, 0.2) is 36.4 Å². The minimum Gasteiger partial charge on any atom is -0.493 e. The highest BCUT2D eigenvalue weighted by Crippen LogP contribution is 2.45. The van der Waals surface area contributed by atoms with Crippen LogP contribution in [-0.4, -0.2) is 33.2 Å². The fourth-order valence-electron chi connectivity index (χ4n) is 3.54. The molecule has 1 atom stereocenters. The molecule has 1 aliphatic rings. The quantitative estimate of drug-likeness (QED) is 0.899. The second-order valence-electron chi connectivity index (χ2n) is 7.26. The Morgan fingerprint density at radius 2 is 1.77 bits per heavy atom. The van der Waals surface area contributed by atoms with Crippen molar-refractivity contribution in [3.8, 4) is 11.5 Å². The molecule has 26 heavy (non-hydrogen) atoms. The lowest BCUT2D eigenvalue weighted by Gasteiger charge is -2.28. The number of anilines is 2. The van der Waals surface area contributed by atoms with E-state index in [2.05, 4.69) is 44.1 Å². The Morgan fingerprint density at radius 1 is 1.08 bits per heavy atom. The maximum atomic E-state index is 12.6. The highest BCUT2D eigenvalue weighted by molar-refractivity contribution is 6.05. The predicted octanol–water partition coefficient (Wildman–Crippen LogP) is 4.07. The Hall–Kier alpha value is -2.69. The van der Waals surface area contributed by atoms with Crippen LogP contribution in [0, 0.1) is 0 Å². The standard InChI is InChI=1S/C21H26N2O3/c1-13-21(2,3)16-9-8-15(12-17(16)23(13)4)22-20(24)14-7-10-18(25-5)19(11-14)26-6/h7-13H,1-6H3,(H,22,24). The second-order valence-corrected chi connectivity index (χ2v) is 7.26. The number of amides is 1. The van der Waals surface area contributed by atoms with Crippen molar-refractivity contribution in [2.45, 2.75) is 32.2 Å². The number of carbonyl (C=O) groups excluding carboxylic acids is 1. The lowest BCUT2D eigenvalue weighted by molar-refractivity contribution is 0.102. The molecular formula is C21H26N2O3. The molecular weight excluding hydrogens is 328 g/mol. The van der Waals surface area contributed by atoms with Gasteiger partial charge in [0.2, 0.25) is 0 Å². The second kappa shape index (κ2) is 6.56. The SMILES string of the molecule is COc1ccc(C(=O)Nc2ccc3c(c2)N(C)C(C)C3(C)C)cc1OC. The summed E-state index contributed by atoms with van der Waals surface area (Å²) in [5.41, 5.74) is 3.84. The third-order valence-corrected chi connectivity index (χ3v) is 5.60. The molecule has 0 bridgehead atoms. The molecule has 0 fully saturated rings. The number of rotatable bonds is 4. The largest absolute Gasteiger partial charge is 0.493 e. The molecule has 3 rings (SSSR count). The Bertz CT molecular complexity index is 845. The van der Waals surface area contributed by atoms with Crippen LogP contribution in [0.4, 0.5) is 11.4 Å². The molecule has 2 aromatic rings. The van der Waals surface area contributed by atoms with E-state index in [1.165, 1.54) is 5.56 Å². The molecule has 0 aromatic heterocycles. The van der Waals surface area contributed by atoms with Crippen LogP contribution in [0.5, 0.6) is 11.5 Å². The third-order valence-electron chi connectivity index (χ3n) is 5.60. The normalized spacial score (nSPS) is 17.6. The van der Waals surface area contributed by atoms with Crippen molar-refractivity contribution in [1.82, 2.24) is 0 Å². The molecule has 0 aliphatic carbocycles. The van der Waals surface area contributed by atoms with Crippen LogP contribution in [-0.2, 0) is 5.41 Å². The molecule has 0 spiro atoms. The van der Waals surface area contributed by atoms with Crippen LogP contribution in [0.3, 0.4) is 0 Å². The van der Waals surface area contributed by atoms with Gasteiger partial charge in [-0.05, 0) is 42.8 Å². The van der Waals surface area contributed by atoms with Crippen molar-refractivity contribution in [3.63, 3.8) is 0 Å². The van der Waals surface area contributed by atoms with Gasteiger partial charge in [-0.1, -0.05) is 19.9 Å². The van der Waals surface area contributed by atoms with E-state index in [9.17, 15) is 4.79 Å². The monoisotopic (exact) mass is 354 g/mol. The van der Waals surface area contributed by atoms with E-state index in [1.807, 2.05) is 12.1 Å². The number of hydrogen-bond acceptors (Lipinski definition) is 4. The van der Waals surface area contributed by atoms with E-state index in [-0.39, 0.29) is 11.3 Å². The van der Waals surface area contributed by atoms with Gasteiger partial charge in [0.15, 0.2) is 11.5 Å². The van der Waals surface area contributed by atoms with E-state index < -0.39 is 0 Å². The third kappa shape index (κ3) is 2.87. The van der Waals surface area contributed by atoms with Crippen LogP contribution in [0.25, 0.3) is 0 Å².